The van der Waals surface area contributed by atoms with Crippen LogP contribution in [0.1, 0.15) is 41.3 Å². The smallest absolute Gasteiger partial charge is 0.249 e. The summed E-state index contributed by atoms with van der Waals surface area (Å²) in [4.78, 5) is 12.1. The van der Waals surface area contributed by atoms with Gasteiger partial charge in [-0.3, -0.25) is 4.79 Å². The monoisotopic (exact) mass is 468 g/mol. The Labute approximate surface area is 172 Å². The summed E-state index contributed by atoms with van der Waals surface area (Å²) in [7, 11) is 0. The maximum Gasteiger partial charge on any atom is 0.249 e. The zero-order valence-corrected chi connectivity index (χ0v) is 17.5. The Morgan fingerprint density at radius 3 is 2.52 bits per heavy atom. The van der Waals surface area contributed by atoms with Gasteiger partial charge in [-0.1, -0.05) is 50.2 Å². The van der Waals surface area contributed by atoms with E-state index in [0.29, 0.717) is 11.5 Å². The molecule has 3 aromatic carbocycles. The summed E-state index contributed by atoms with van der Waals surface area (Å²) < 4.78 is 3.54. The van der Waals surface area contributed by atoms with Gasteiger partial charge in [0.2, 0.25) is 5.91 Å². The quantitative estimate of drug-likeness (QED) is 0.386. The van der Waals surface area contributed by atoms with Gasteiger partial charge in [0.05, 0.1) is 5.52 Å². The summed E-state index contributed by atoms with van der Waals surface area (Å²) in [5.74, 6) is 0.0511. The average molecular weight is 468 g/mol. The molecule has 0 fully saturated rings. The molecule has 0 unspecified atom stereocenters. The number of amides is 1. The summed E-state index contributed by atoms with van der Waals surface area (Å²) in [6, 6.07) is 20.7. The van der Waals surface area contributed by atoms with E-state index in [1.165, 1.54) is 14.7 Å². The summed E-state index contributed by atoms with van der Waals surface area (Å²) in [6.07, 6.45) is 0. The first-order valence-corrected chi connectivity index (χ1v) is 10.1. The van der Waals surface area contributed by atoms with E-state index in [1.807, 2.05) is 12.1 Å². The van der Waals surface area contributed by atoms with Crippen molar-refractivity contribution in [3.63, 3.8) is 0 Å². The molecular formula is C23H21IN2O. The predicted octanol–water partition coefficient (Wildman–Crippen LogP) is 5.67. The van der Waals surface area contributed by atoms with Gasteiger partial charge in [0, 0.05) is 32.0 Å². The standard InChI is InChI=1S/C23H21IN2O/c1-14(2)15-10-11-17-21(12-15)26(13-16-6-3-4-8-19(16)24)20-9-5-7-18(22(17)20)23(25)27/h3-12,14H,13H2,1-2H3,(H2,25,27). The van der Waals surface area contributed by atoms with Gasteiger partial charge in [-0.15, -0.1) is 0 Å². The highest BCUT2D eigenvalue weighted by atomic mass is 127. The fourth-order valence-electron chi connectivity index (χ4n) is 3.69. The normalized spacial score (nSPS) is 11.6. The van der Waals surface area contributed by atoms with Gasteiger partial charge < -0.3 is 10.3 Å². The maximum absolute atomic E-state index is 12.1. The molecular weight excluding hydrogens is 447 g/mol. The molecule has 2 N–H and O–H groups in total. The molecule has 1 aromatic heterocycles. The topological polar surface area (TPSA) is 48.0 Å². The molecule has 0 spiro atoms. The van der Waals surface area contributed by atoms with Crippen LogP contribution in [0.3, 0.4) is 0 Å². The van der Waals surface area contributed by atoms with Crippen molar-refractivity contribution in [3.05, 3.63) is 80.9 Å². The Morgan fingerprint density at radius 2 is 1.81 bits per heavy atom. The first-order chi connectivity index (χ1) is 13.0. The highest BCUT2D eigenvalue weighted by Gasteiger charge is 2.17. The number of aromatic nitrogens is 1. The highest BCUT2D eigenvalue weighted by molar-refractivity contribution is 14.1. The van der Waals surface area contributed by atoms with Crippen molar-refractivity contribution < 1.29 is 4.79 Å². The Balaban J connectivity index is 2.07. The maximum atomic E-state index is 12.1. The number of nitrogens with zero attached hydrogens (tertiary/aromatic N) is 1. The van der Waals surface area contributed by atoms with E-state index < -0.39 is 0 Å². The molecule has 4 rings (SSSR count). The van der Waals surface area contributed by atoms with E-state index in [4.69, 9.17) is 5.73 Å². The third-order valence-corrected chi connectivity index (χ3v) is 6.19. The van der Waals surface area contributed by atoms with Gasteiger partial charge in [-0.2, -0.15) is 0 Å². The van der Waals surface area contributed by atoms with Crippen molar-refractivity contribution >= 4 is 50.3 Å². The zero-order valence-electron chi connectivity index (χ0n) is 15.4. The third kappa shape index (κ3) is 3.12. The van der Waals surface area contributed by atoms with Crippen LogP contribution in [-0.2, 0) is 6.54 Å². The van der Waals surface area contributed by atoms with E-state index in [1.54, 1.807) is 0 Å². The second-order valence-electron chi connectivity index (χ2n) is 7.17. The highest BCUT2D eigenvalue weighted by Crippen LogP contribution is 2.34. The average Bonchev–Trinajstić information content (AvgIpc) is 2.96. The molecule has 4 heteroatoms. The van der Waals surface area contributed by atoms with Gasteiger partial charge in [-0.25, -0.2) is 0 Å². The van der Waals surface area contributed by atoms with E-state index in [-0.39, 0.29) is 5.91 Å². The molecule has 136 valence electrons. The summed E-state index contributed by atoms with van der Waals surface area (Å²) in [6.45, 7) is 5.15. The number of hydrogen-bond donors (Lipinski definition) is 1. The lowest BCUT2D eigenvalue weighted by molar-refractivity contribution is 0.100. The molecule has 0 saturated heterocycles. The number of primary amides is 1. The lowest BCUT2D eigenvalue weighted by Gasteiger charge is -2.11. The summed E-state index contributed by atoms with van der Waals surface area (Å²) in [5, 5.41) is 2.02. The van der Waals surface area contributed by atoms with Gasteiger partial charge >= 0.3 is 0 Å². The molecule has 27 heavy (non-hydrogen) atoms. The molecule has 0 aliphatic heterocycles. The molecule has 0 aliphatic rings. The van der Waals surface area contributed by atoms with Crippen molar-refractivity contribution in [2.75, 3.05) is 0 Å². The molecule has 0 saturated carbocycles. The molecule has 1 heterocycles. The van der Waals surface area contributed by atoms with E-state index >= 15 is 0 Å². The molecule has 0 aliphatic carbocycles. The van der Waals surface area contributed by atoms with Crippen LogP contribution in [0.25, 0.3) is 21.8 Å². The van der Waals surface area contributed by atoms with Gasteiger partial charge in [-0.05, 0) is 63.9 Å². The van der Waals surface area contributed by atoms with Crippen molar-refractivity contribution in [3.8, 4) is 0 Å². The van der Waals surface area contributed by atoms with Crippen LogP contribution in [0.5, 0.6) is 0 Å². The molecule has 0 atom stereocenters. The molecule has 4 aromatic rings. The Hall–Kier alpha value is -2.34. The van der Waals surface area contributed by atoms with Gasteiger partial charge in [0.1, 0.15) is 0 Å². The van der Waals surface area contributed by atoms with Crippen LogP contribution in [-0.4, -0.2) is 10.5 Å². The van der Waals surface area contributed by atoms with Crippen LogP contribution in [0.4, 0.5) is 0 Å². The van der Waals surface area contributed by atoms with E-state index in [9.17, 15) is 4.79 Å². The minimum atomic E-state index is -0.387. The Kier molecular flexibility index (Phi) is 4.68. The van der Waals surface area contributed by atoms with Crippen LogP contribution >= 0.6 is 22.6 Å². The van der Waals surface area contributed by atoms with Crippen molar-refractivity contribution in [1.29, 1.82) is 0 Å². The second kappa shape index (κ2) is 7.00. The number of fused-ring (bicyclic) bond motifs is 3. The fourth-order valence-corrected chi connectivity index (χ4v) is 4.25. The SMILES string of the molecule is CC(C)c1ccc2c3c(C(N)=O)cccc3n(Cc3ccccc3I)c2c1. The minimum Gasteiger partial charge on any atom is -0.366 e. The lowest BCUT2D eigenvalue weighted by atomic mass is 10.00. The molecule has 0 radical (unpaired) electrons. The number of carbonyl (C=O) groups is 1. The lowest BCUT2D eigenvalue weighted by Crippen LogP contribution is -2.11. The second-order valence-corrected chi connectivity index (χ2v) is 8.33. The first kappa shape index (κ1) is 18.0. The van der Waals surface area contributed by atoms with Crippen LogP contribution in [0.2, 0.25) is 0 Å². The molecule has 3 nitrogen and oxygen atoms in total. The summed E-state index contributed by atoms with van der Waals surface area (Å²) in [5.41, 5.74) is 11.0. The van der Waals surface area contributed by atoms with Crippen molar-refractivity contribution in [1.82, 2.24) is 4.57 Å². The zero-order chi connectivity index (χ0) is 19.1. The first-order valence-electron chi connectivity index (χ1n) is 9.05. The molecule has 0 bridgehead atoms. The fraction of sp³-hybridized carbons (Fsp3) is 0.174. The van der Waals surface area contributed by atoms with Crippen LogP contribution < -0.4 is 5.73 Å². The van der Waals surface area contributed by atoms with Crippen LogP contribution in [0.15, 0.2) is 60.7 Å². The Morgan fingerprint density at radius 1 is 1.04 bits per heavy atom. The number of nitrogens with two attached hydrogens (primary N) is 1. The van der Waals surface area contributed by atoms with Crippen molar-refractivity contribution in [2.45, 2.75) is 26.3 Å². The van der Waals surface area contributed by atoms with Crippen LogP contribution in [0, 0.1) is 3.57 Å². The van der Waals surface area contributed by atoms with Gasteiger partial charge in [0.15, 0.2) is 0 Å². The van der Waals surface area contributed by atoms with Gasteiger partial charge in [0.25, 0.3) is 0 Å². The minimum absolute atomic E-state index is 0.387. The number of hydrogen-bond acceptors (Lipinski definition) is 1. The number of rotatable bonds is 4. The van der Waals surface area contributed by atoms with E-state index in [0.717, 1.165) is 28.4 Å². The predicted molar refractivity (Wildman–Crippen MR) is 120 cm³/mol. The van der Waals surface area contributed by atoms with Crippen molar-refractivity contribution in [2.24, 2.45) is 5.73 Å². The van der Waals surface area contributed by atoms with E-state index in [2.05, 4.69) is 89.5 Å². The summed E-state index contributed by atoms with van der Waals surface area (Å²) >= 11 is 2.38. The third-order valence-electron chi connectivity index (χ3n) is 5.13. The Bertz CT molecular complexity index is 1170. The number of halogens is 1. The number of benzene rings is 3. The molecule has 1 amide bonds. The largest absolute Gasteiger partial charge is 0.366 e. The number of carbonyl (C=O) groups excluding carboxylic acids is 1.